The van der Waals surface area contributed by atoms with Gasteiger partial charge in [-0.1, -0.05) is 42.7 Å². The van der Waals surface area contributed by atoms with Gasteiger partial charge in [-0.25, -0.2) is 0 Å². The topological polar surface area (TPSA) is 66.4 Å². The van der Waals surface area contributed by atoms with Crippen LogP contribution in [-0.2, 0) is 4.79 Å². The van der Waals surface area contributed by atoms with Crippen molar-refractivity contribution < 1.29 is 14.7 Å². The molecule has 0 radical (unpaired) electrons. The zero-order valence-electron chi connectivity index (χ0n) is 12.5. The van der Waals surface area contributed by atoms with Gasteiger partial charge in [0.25, 0.3) is 0 Å². The van der Waals surface area contributed by atoms with Gasteiger partial charge in [-0.2, -0.15) is 0 Å². The normalized spacial score (nSPS) is 16.7. The molecule has 0 heterocycles. The van der Waals surface area contributed by atoms with Crippen LogP contribution in [-0.4, -0.2) is 28.9 Å². The minimum Gasteiger partial charge on any atom is -0.388 e. The van der Waals surface area contributed by atoms with Crippen LogP contribution in [0.5, 0.6) is 0 Å². The van der Waals surface area contributed by atoms with Gasteiger partial charge in [-0.3, -0.25) is 9.59 Å². The molecule has 4 nitrogen and oxygen atoms in total. The van der Waals surface area contributed by atoms with E-state index in [4.69, 9.17) is 0 Å². The number of nitrogens with one attached hydrogen (secondary N) is 1. The van der Waals surface area contributed by atoms with Gasteiger partial charge in [0, 0.05) is 24.9 Å². The summed E-state index contributed by atoms with van der Waals surface area (Å²) in [4.78, 5) is 23.7. The number of benzene rings is 1. The van der Waals surface area contributed by atoms with Crippen molar-refractivity contribution in [3.63, 3.8) is 0 Å². The molecular formula is C17H23NO3. The van der Waals surface area contributed by atoms with Crippen LogP contribution in [0.4, 0.5) is 0 Å². The number of carbonyl (C=O) groups is 2. The summed E-state index contributed by atoms with van der Waals surface area (Å²) in [5.74, 6) is -0.194. The zero-order chi connectivity index (χ0) is 15.3. The van der Waals surface area contributed by atoms with E-state index < -0.39 is 5.60 Å². The third kappa shape index (κ3) is 4.67. The van der Waals surface area contributed by atoms with E-state index in [-0.39, 0.29) is 24.5 Å². The molecular weight excluding hydrogens is 266 g/mol. The molecule has 1 aromatic rings. The predicted octanol–water partition coefficient (Wildman–Crippen LogP) is 2.38. The zero-order valence-corrected chi connectivity index (χ0v) is 12.5. The van der Waals surface area contributed by atoms with Crippen molar-refractivity contribution in [1.82, 2.24) is 5.32 Å². The summed E-state index contributed by atoms with van der Waals surface area (Å²) in [5, 5.41) is 12.9. The Bertz CT molecular complexity index is 501. The van der Waals surface area contributed by atoms with Crippen LogP contribution in [0.2, 0.25) is 0 Å². The van der Waals surface area contributed by atoms with Gasteiger partial charge in [0.2, 0.25) is 5.91 Å². The quantitative estimate of drug-likeness (QED) is 0.790. The molecule has 2 rings (SSSR count). The number of Topliss-reactive ketones (excluding diaryl/α,β-unsaturated/α-hetero) is 1. The fourth-order valence-corrected chi connectivity index (χ4v) is 2.67. The standard InChI is InChI=1S/C17H23NO3/c1-13-4-6-14(7-5-13)15(19)8-9-16(20)18-12-17(21)10-2-3-11-17/h4-7,21H,2-3,8-12H2,1H3,(H,18,20). The van der Waals surface area contributed by atoms with E-state index in [1.807, 2.05) is 19.1 Å². The van der Waals surface area contributed by atoms with Crippen LogP contribution in [0.15, 0.2) is 24.3 Å². The molecule has 0 aromatic heterocycles. The maximum atomic E-state index is 12.0. The number of amides is 1. The first-order chi connectivity index (χ1) is 9.98. The van der Waals surface area contributed by atoms with Crippen molar-refractivity contribution in [3.8, 4) is 0 Å². The average molecular weight is 289 g/mol. The lowest BCUT2D eigenvalue weighted by atomic mass is 10.0. The predicted molar refractivity (Wildman–Crippen MR) is 81.2 cm³/mol. The summed E-state index contributed by atoms with van der Waals surface area (Å²) in [6, 6.07) is 7.36. The molecule has 21 heavy (non-hydrogen) atoms. The highest BCUT2D eigenvalue weighted by molar-refractivity contribution is 5.97. The lowest BCUT2D eigenvalue weighted by Crippen LogP contribution is -2.40. The molecule has 0 spiro atoms. The molecule has 0 atom stereocenters. The summed E-state index contributed by atoms with van der Waals surface area (Å²) in [6.07, 6.45) is 3.89. The second-order valence-electron chi connectivity index (χ2n) is 6.00. The number of rotatable bonds is 6. The third-order valence-corrected chi connectivity index (χ3v) is 4.10. The molecule has 1 aromatic carbocycles. The average Bonchev–Trinajstić information content (AvgIpc) is 2.91. The number of hydrogen-bond donors (Lipinski definition) is 2. The van der Waals surface area contributed by atoms with Crippen LogP contribution in [0, 0.1) is 6.92 Å². The Morgan fingerprint density at radius 1 is 1.14 bits per heavy atom. The van der Waals surface area contributed by atoms with Gasteiger partial charge >= 0.3 is 0 Å². The molecule has 0 aliphatic heterocycles. The Morgan fingerprint density at radius 2 is 1.76 bits per heavy atom. The maximum absolute atomic E-state index is 12.0. The van der Waals surface area contributed by atoms with Crippen molar-refractivity contribution in [2.75, 3.05) is 6.54 Å². The van der Waals surface area contributed by atoms with Crippen molar-refractivity contribution in [2.45, 2.75) is 51.0 Å². The Hall–Kier alpha value is -1.68. The molecule has 4 heteroatoms. The number of aliphatic hydroxyl groups is 1. The van der Waals surface area contributed by atoms with E-state index >= 15 is 0 Å². The Morgan fingerprint density at radius 3 is 2.38 bits per heavy atom. The lowest BCUT2D eigenvalue weighted by Gasteiger charge is -2.22. The van der Waals surface area contributed by atoms with Crippen LogP contribution in [0.3, 0.4) is 0 Å². The van der Waals surface area contributed by atoms with E-state index in [0.717, 1.165) is 31.2 Å². The fourth-order valence-electron chi connectivity index (χ4n) is 2.67. The highest BCUT2D eigenvalue weighted by Crippen LogP contribution is 2.28. The molecule has 1 saturated carbocycles. The monoisotopic (exact) mass is 289 g/mol. The smallest absolute Gasteiger partial charge is 0.220 e. The van der Waals surface area contributed by atoms with E-state index in [1.165, 1.54) is 0 Å². The first-order valence-corrected chi connectivity index (χ1v) is 7.57. The van der Waals surface area contributed by atoms with Gasteiger partial charge in [0.15, 0.2) is 5.78 Å². The van der Waals surface area contributed by atoms with Crippen LogP contribution in [0.25, 0.3) is 0 Å². The lowest BCUT2D eigenvalue weighted by molar-refractivity contribution is -0.122. The molecule has 1 aliphatic carbocycles. The van der Waals surface area contributed by atoms with Gasteiger partial charge in [0.05, 0.1) is 5.60 Å². The Balaban J connectivity index is 1.73. The molecule has 114 valence electrons. The molecule has 1 amide bonds. The van der Waals surface area contributed by atoms with E-state index in [2.05, 4.69) is 5.32 Å². The first kappa shape index (κ1) is 15.7. The molecule has 2 N–H and O–H groups in total. The van der Waals surface area contributed by atoms with Gasteiger partial charge in [-0.05, 0) is 19.8 Å². The highest BCUT2D eigenvalue weighted by Gasteiger charge is 2.31. The minimum atomic E-state index is -0.739. The molecule has 1 fully saturated rings. The SMILES string of the molecule is Cc1ccc(C(=O)CCC(=O)NCC2(O)CCCC2)cc1. The van der Waals surface area contributed by atoms with Crippen molar-refractivity contribution >= 4 is 11.7 Å². The Kier molecular flexibility index (Phi) is 5.12. The van der Waals surface area contributed by atoms with Gasteiger partial charge in [-0.15, -0.1) is 0 Å². The second-order valence-corrected chi connectivity index (χ2v) is 6.00. The number of carbonyl (C=O) groups excluding carboxylic acids is 2. The number of aryl methyl sites for hydroxylation is 1. The summed E-state index contributed by atoms with van der Waals surface area (Å²) in [7, 11) is 0. The minimum absolute atomic E-state index is 0.0234. The highest BCUT2D eigenvalue weighted by atomic mass is 16.3. The maximum Gasteiger partial charge on any atom is 0.220 e. The van der Waals surface area contributed by atoms with Crippen molar-refractivity contribution in [1.29, 1.82) is 0 Å². The van der Waals surface area contributed by atoms with Crippen LogP contribution >= 0.6 is 0 Å². The summed E-state index contributed by atoms with van der Waals surface area (Å²) < 4.78 is 0. The molecule has 1 aliphatic rings. The van der Waals surface area contributed by atoms with Gasteiger partial charge in [0.1, 0.15) is 0 Å². The van der Waals surface area contributed by atoms with E-state index in [0.29, 0.717) is 12.1 Å². The largest absolute Gasteiger partial charge is 0.388 e. The molecule has 0 saturated heterocycles. The van der Waals surface area contributed by atoms with E-state index in [9.17, 15) is 14.7 Å². The molecule has 0 bridgehead atoms. The fraction of sp³-hybridized carbons (Fsp3) is 0.529. The number of ketones is 1. The first-order valence-electron chi connectivity index (χ1n) is 7.57. The Labute approximate surface area is 125 Å². The van der Waals surface area contributed by atoms with E-state index in [1.54, 1.807) is 12.1 Å². The van der Waals surface area contributed by atoms with Crippen molar-refractivity contribution in [2.24, 2.45) is 0 Å². The summed E-state index contributed by atoms with van der Waals surface area (Å²) >= 11 is 0. The van der Waals surface area contributed by atoms with Crippen molar-refractivity contribution in [3.05, 3.63) is 35.4 Å². The van der Waals surface area contributed by atoms with Crippen LogP contribution < -0.4 is 5.32 Å². The van der Waals surface area contributed by atoms with Gasteiger partial charge < -0.3 is 10.4 Å². The summed E-state index contributed by atoms with van der Waals surface area (Å²) in [5.41, 5.74) is 1.01. The molecule has 0 unspecified atom stereocenters. The van der Waals surface area contributed by atoms with Crippen LogP contribution in [0.1, 0.15) is 54.4 Å². The third-order valence-electron chi connectivity index (χ3n) is 4.10. The number of hydrogen-bond acceptors (Lipinski definition) is 3. The summed E-state index contributed by atoms with van der Waals surface area (Å²) in [6.45, 7) is 2.26. The second kappa shape index (κ2) is 6.85.